The molecule has 1 fully saturated rings. The summed E-state index contributed by atoms with van der Waals surface area (Å²) in [4.78, 5) is 52.5. The van der Waals surface area contributed by atoms with E-state index in [-0.39, 0.29) is 22.2 Å². The zero-order valence-electron chi connectivity index (χ0n) is 19.4. The summed E-state index contributed by atoms with van der Waals surface area (Å²) in [5.74, 6) is -1.97. The van der Waals surface area contributed by atoms with Crippen LogP contribution in [0.15, 0.2) is 44.6 Å². The average molecular weight is 578 g/mol. The number of nitrogen functional groups attached to an aromatic ring is 1. The summed E-state index contributed by atoms with van der Waals surface area (Å²) in [6.45, 7) is 0. The number of nitrogens with zero attached hydrogens (tertiary/aromatic N) is 5. The van der Waals surface area contributed by atoms with E-state index in [0.29, 0.717) is 17.1 Å². The summed E-state index contributed by atoms with van der Waals surface area (Å²) in [6, 6.07) is 1.03. The summed E-state index contributed by atoms with van der Waals surface area (Å²) in [5.41, 5.74) is 6.98. The molecule has 5 heterocycles. The molecule has 0 spiro atoms. The van der Waals surface area contributed by atoms with Crippen molar-refractivity contribution in [3.63, 3.8) is 0 Å². The van der Waals surface area contributed by atoms with Crippen LogP contribution in [0.2, 0.25) is 0 Å². The van der Waals surface area contributed by atoms with Gasteiger partial charge in [-0.15, -0.1) is 34.4 Å². The minimum absolute atomic E-state index is 0.139. The van der Waals surface area contributed by atoms with Crippen molar-refractivity contribution in [2.24, 2.45) is 12.2 Å². The first-order chi connectivity index (χ1) is 17.8. The zero-order valence-corrected chi connectivity index (χ0v) is 22.6. The Balaban J connectivity index is 1.31. The number of nitrogens with two attached hydrogens (primary N) is 1. The molecule has 16 heteroatoms. The van der Waals surface area contributed by atoms with Crippen LogP contribution in [0.25, 0.3) is 10.2 Å². The minimum Gasteiger partial charge on any atom is -0.543 e. The van der Waals surface area contributed by atoms with Gasteiger partial charge in [0.25, 0.3) is 11.8 Å². The van der Waals surface area contributed by atoms with Crippen LogP contribution in [0.4, 0.5) is 5.13 Å². The Morgan fingerprint density at radius 3 is 2.95 bits per heavy atom. The number of fused-ring (bicyclic) bond motifs is 2. The fourth-order valence-corrected chi connectivity index (χ4v) is 7.92. The summed E-state index contributed by atoms with van der Waals surface area (Å²) >= 11 is 5.42. The average Bonchev–Trinajstić information content (AvgIpc) is 3.48. The number of β-lactam (4-membered cyclic amide) rings is 1. The number of hydrogen-bond donors (Lipinski definition) is 2. The molecule has 0 aromatic carbocycles. The monoisotopic (exact) mass is 577 g/mol. The van der Waals surface area contributed by atoms with Gasteiger partial charge in [-0.2, -0.15) is 0 Å². The summed E-state index contributed by atoms with van der Waals surface area (Å²) in [7, 11) is 3.19. The molecule has 0 radical (unpaired) electrons. The molecule has 2 atom stereocenters. The fourth-order valence-electron chi connectivity index (χ4n) is 3.85. The Bertz CT molecular complexity index is 1480. The second kappa shape index (κ2) is 10.3. The first-order valence-electron chi connectivity index (χ1n) is 10.7. The van der Waals surface area contributed by atoms with Crippen LogP contribution in [-0.4, -0.2) is 68.4 Å². The number of carbonyl (C=O) groups is 3. The topological polar surface area (TPSA) is 167 Å². The smallest absolute Gasteiger partial charge is 0.276 e. The van der Waals surface area contributed by atoms with Crippen LogP contribution in [0.5, 0.6) is 0 Å². The lowest BCUT2D eigenvalue weighted by Crippen LogP contribution is -2.71. The minimum atomic E-state index is -1.44. The number of aliphatic carboxylic acids is 1. The molecule has 3 N–H and O–H groups in total. The number of hydrogen-bond acceptors (Lipinski definition) is 13. The number of rotatable bonds is 8. The number of aromatic nitrogens is 3. The van der Waals surface area contributed by atoms with Gasteiger partial charge < -0.3 is 25.8 Å². The lowest BCUT2D eigenvalue weighted by molar-refractivity contribution is -0.670. The van der Waals surface area contributed by atoms with E-state index in [2.05, 4.69) is 20.4 Å². The number of amides is 2. The maximum absolute atomic E-state index is 13.0. The van der Waals surface area contributed by atoms with E-state index in [1.807, 2.05) is 30.1 Å². The zero-order chi connectivity index (χ0) is 26.3. The largest absolute Gasteiger partial charge is 0.543 e. The highest BCUT2D eigenvalue weighted by atomic mass is 32.2. The van der Waals surface area contributed by atoms with E-state index < -0.39 is 29.2 Å². The molecule has 1 saturated heterocycles. The molecule has 3 aromatic rings. The molecule has 3 aromatic heterocycles. The number of carboxylic acids is 1. The molecule has 12 nitrogen and oxygen atoms in total. The van der Waals surface area contributed by atoms with Gasteiger partial charge in [0, 0.05) is 23.0 Å². The van der Waals surface area contributed by atoms with E-state index in [9.17, 15) is 19.5 Å². The Labute approximate surface area is 226 Å². The predicted octanol–water partition coefficient (Wildman–Crippen LogP) is -0.294. The molecule has 0 saturated carbocycles. The number of thiazole rings is 2. The molecule has 2 aliphatic rings. The van der Waals surface area contributed by atoms with Gasteiger partial charge >= 0.3 is 0 Å². The third-order valence-corrected chi connectivity index (χ3v) is 9.79. The van der Waals surface area contributed by atoms with Crippen molar-refractivity contribution in [1.29, 1.82) is 0 Å². The van der Waals surface area contributed by atoms with Crippen molar-refractivity contribution in [3.8, 4) is 0 Å². The van der Waals surface area contributed by atoms with E-state index in [4.69, 9.17) is 10.6 Å². The molecule has 2 aliphatic heterocycles. The SMILES string of the molecule is CO/N=C(\C(=O)NC1C(=O)N2C(C(=O)[O-])=C(CSc3nc4c[n+](C)ccc4s3)CS[C@@H]12)c1csc(N)n1. The Kier molecular flexibility index (Phi) is 7.06. The van der Waals surface area contributed by atoms with Gasteiger partial charge in [0.2, 0.25) is 0 Å². The normalized spacial score (nSPS) is 19.6. The van der Waals surface area contributed by atoms with E-state index in [1.165, 1.54) is 46.9 Å². The maximum atomic E-state index is 13.0. The number of anilines is 1. The van der Waals surface area contributed by atoms with Crippen LogP contribution in [0, 0.1) is 0 Å². The number of oxime groups is 1. The Morgan fingerprint density at radius 2 is 2.24 bits per heavy atom. The van der Waals surface area contributed by atoms with Crippen molar-refractivity contribution in [2.75, 3.05) is 24.3 Å². The number of thioether (sulfide) groups is 2. The van der Waals surface area contributed by atoms with Crippen molar-refractivity contribution < 1.29 is 28.9 Å². The Morgan fingerprint density at radius 1 is 1.43 bits per heavy atom. The maximum Gasteiger partial charge on any atom is 0.276 e. The number of carboxylic acid groups (broad SMARTS) is 1. The van der Waals surface area contributed by atoms with Crippen LogP contribution < -0.4 is 20.7 Å². The van der Waals surface area contributed by atoms with Gasteiger partial charge in [-0.1, -0.05) is 16.9 Å². The van der Waals surface area contributed by atoms with Crippen molar-refractivity contribution in [2.45, 2.75) is 15.8 Å². The lowest BCUT2D eigenvalue weighted by Gasteiger charge is -2.50. The number of carbonyl (C=O) groups excluding carboxylic acids is 3. The number of aryl methyl sites for hydroxylation is 1. The second-order valence-corrected chi connectivity index (χ2v) is 12.2. The summed E-state index contributed by atoms with van der Waals surface area (Å²) in [5, 5.41) is 19.6. The predicted molar refractivity (Wildman–Crippen MR) is 139 cm³/mol. The third kappa shape index (κ3) is 4.88. The van der Waals surface area contributed by atoms with Crippen molar-refractivity contribution in [3.05, 3.63) is 40.8 Å². The number of pyridine rings is 1. The van der Waals surface area contributed by atoms with Gasteiger partial charge in [0.15, 0.2) is 27.6 Å². The lowest BCUT2D eigenvalue weighted by atomic mass is 10.0. The molecule has 37 heavy (non-hydrogen) atoms. The first-order valence-corrected chi connectivity index (χ1v) is 14.4. The quantitative estimate of drug-likeness (QED) is 0.119. The van der Waals surface area contributed by atoms with E-state index in [0.717, 1.165) is 25.9 Å². The highest BCUT2D eigenvalue weighted by Gasteiger charge is 2.53. The van der Waals surface area contributed by atoms with Crippen molar-refractivity contribution >= 4 is 85.0 Å². The van der Waals surface area contributed by atoms with Crippen LogP contribution >= 0.6 is 46.2 Å². The second-order valence-electron chi connectivity index (χ2n) is 7.92. The van der Waals surface area contributed by atoms with Gasteiger partial charge in [0.05, 0.1) is 16.4 Å². The number of nitrogens with one attached hydrogen (secondary N) is 1. The van der Waals surface area contributed by atoms with E-state index >= 15 is 0 Å². The molecule has 0 aliphatic carbocycles. The molecule has 1 unspecified atom stereocenters. The molecular formula is C21H19N7O5S4. The van der Waals surface area contributed by atoms with E-state index in [1.54, 1.807) is 5.38 Å². The molecule has 192 valence electrons. The Hall–Kier alpha value is -3.21. The first kappa shape index (κ1) is 25.4. The van der Waals surface area contributed by atoms with Crippen LogP contribution in [0.3, 0.4) is 0 Å². The third-order valence-electron chi connectivity index (χ3n) is 5.51. The standard InChI is InChI=1S/C21H19N7O5S4/c1-27-4-3-12-10(5-27)24-21(37-12)36-7-9-6-34-18-14(17(30)28(18)15(9)19(31)32)25-16(29)13(26-33-2)11-8-35-20(22)23-11/h3-5,8,14,18H,6-7H2,1-2H3,(H3-,22,23,25,29,31,32)/b26-13-/t14?,18-/m0/s1. The van der Waals surface area contributed by atoms with Crippen molar-refractivity contribution in [1.82, 2.24) is 20.2 Å². The summed E-state index contributed by atoms with van der Waals surface area (Å²) < 4.78 is 3.74. The molecule has 2 amide bonds. The highest BCUT2D eigenvalue weighted by Crippen LogP contribution is 2.42. The van der Waals surface area contributed by atoms with Crippen LogP contribution in [-0.2, 0) is 26.3 Å². The highest BCUT2D eigenvalue weighted by molar-refractivity contribution is 8.02. The molecule has 5 rings (SSSR count). The van der Waals surface area contributed by atoms with Crippen LogP contribution in [0.1, 0.15) is 5.69 Å². The van der Waals surface area contributed by atoms with Gasteiger partial charge in [0.1, 0.15) is 36.8 Å². The summed E-state index contributed by atoms with van der Waals surface area (Å²) in [6.07, 6.45) is 3.85. The molecule has 0 bridgehead atoms. The fraction of sp³-hybridized carbons (Fsp3) is 0.286. The molecular weight excluding hydrogens is 559 g/mol. The van der Waals surface area contributed by atoms with Gasteiger partial charge in [-0.3, -0.25) is 14.5 Å². The van der Waals surface area contributed by atoms with Gasteiger partial charge in [-0.05, 0) is 5.57 Å². The van der Waals surface area contributed by atoms with Gasteiger partial charge in [-0.25, -0.2) is 14.5 Å².